The predicted octanol–water partition coefficient (Wildman–Crippen LogP) is 2.73. The van der Waals surface area contributed by atoms with Gasteiger partial charge < -0.3 is 10.5 Å². The number of benzene rings is 1. The maximum atomic E-state index is 5.81. The maximum absolute atomic E-state index is 5.81. The third-order valence-electron chi connectivity index (χ3n) is 2.59. The molecule has 0 bridgehead atoms. The van der Waals surface area contributed by atoms with Crippen LogP contribution in [0.4, 0.5) is 5.82 Å². The molecule has 0 unspecified atom stereocenters. The number of aryl methyl sites for hydroxylation is 1. The Bertz CT molecular complexity index is 549. The van der Waals surface area contributed by atoms with Crippen LogP contribution in [0.25, 0.3) is 0 Å². The first-order chi connectivity index (χ1) is 8.60. The lowest BCUT2D eigenvalue weighted by Crippen LogP contribution is -2.04. The van der Waals surface area contributed by atoms with Gasteiger partial charge in [-0.25, -0.2) is 9.97 Å². The van der Waals surface area contributed by atoms with Gasteiger partial charge in [0.25, 0.3) is 0 Å². The molecule has 1 aromatic heterocycles. The Balaban J connectivity index is 2.28. The van der Waals surface area contributed by atoms with Crippen LogP contribution in [0.3, 0.4) is 0 Å². The molecule has 1 aromatic carbocycles. The van der Waals surface area contributed by atoms with Crippen molar-refractivity contribution in [1.82, 2.24) is 9.97 Å². The summed E-state index contributed by atoms with van der Waals surface area (Å²) in [6.07, 6.45) is 0.634. The molecule has 0 aliphatic rings. The van der Waals surface area contributed by atoms with Crippen molar-refractivity contribution in [2.75, 3.05) is 12.8 Å². The Kier molecular flexibility index (Phi) is 3.81. The smallest absolute Gasteiger partial charge is 0.141 e. The van der Waals surface area contributed by atoms with Crippen LogP contribution >= 0.6 is 15.9 Å². The van der Waals surface area contributed by atoms with E-state index in [9.17, 15) is 0 Å². The lowest BCUT2D eigenvalue weighted by atomic mass is 10.1. The third kappa shape index (κ3) is 2.79. The normalized spacial score (nSPS) is 10.4. The van der Waals surface area contributed by atoms with Crippen molar-refractivity contribution in [1.29, 1.82) is 0 Å². The van der Waals surface area contributed by atoms with Crippen molar-refractivity contribution in [3.8, 4) is 5.75 Å². The number of anilines is 1. The average Bonchev–Trinajstić information content (AvgIpc) is 2.36. The van der Waals surface area contributed by atoms with E-state index in [1.165, 1.54) is 0 Å². The summed E-state index contributed by atoms with van der Waals surface area (Å²) < 4.78 is 5.95. The number of nitrogens with two attached hydrogens (primary N) is 1. The predicted molar refractivity (Wildman–Crippen MR) is 74.7 cm³/mol. The van der Waals surface area contributed by atoms with Gasteiger partial charge in [0.15, 0.2) is 0 Å². The van der Waals surface area contributed by atoms with E-state index in [4.69, 9.17) is 10.5 Å². The molecule has 18 heavy (non-hydrogen) atoms. The summed E-state index contributed by atoms with van der Waals surface area (Å²) in [5.41, 5.74) is 7.75. The zero-order chi connectivity index (χ0) is 13.1. The molecule has 0 amide bonds. The molecule has 0 aliphatic carbocycles. The zero-order valence-corrected chi connectivity index (χ0v) is 11.9. The second kappa shape index (κ2) is 5.35. The number of methoxy groups -OCH3 is 1. The monoisotopic (exact) mass is 307 g/mol. The summed E-state index contributed by atoms with van der Waals surface area (Å²) in [5.74, 6) is 2.01. The SMILES string of the molecule is COc1cccc(Cc2nc(C)c(Br)c(N)n2)c1. The second-order valence-electron chi connectivity index (χ2n) is 3.95. The summed E-state index contributed by atoms with van der Waals surface area (Å²) in [4.78, 5) is 8.67. The number of hydrogen-bond donors (Lipinski definition) is 1. The molecule has 5 heteroatoms. The van der Waals surface area contributed by atoms with Gasteiger partial charge in [0, 0.05) is 6.42 Å². The standard InChI is InChI=1S/C13H14BrN3O/c1-8-12(14)13(15)17-11(16-8)7-9-4-3-5-10(6-9)18-2/h3-6H,7H2,1-2H3,(H2,15,16,17). The van der Waals surface area contributed by atoms with Gasteiger partial charge in [-0.1, -0.05) is 12.1 Å². The number of nitrogen functional groups attached to an aromatic ring is 1. The highest BCUT2D eigenvalue weighted by Crippen LogP contribution is 2.21. The van der Waals surface area contributed by atoms with Crippen molar-refractivity contribution < 1.29 is 4.74 Å². The van der Waals surface area contributed by atoms with Crippen molar-refractivity contribution in [3.05, 3.63) is 45.8 Å². The molecular weight excluding hydrogens is 294 g/mol. The number of halogens is 1. The quantitative estimate of drug-likeness (QED) is 0.947. The first kappa shape index (κ1) is 12.8. The highest BCUT2D eigenvalue weighted by Gasteiger charge is 2.07. The molecule has 2 rings (SSSR count). The fourth-order valence-electron chi connectivity index (χ4n) is 1.69. The summed E-state index contributed by atoms with van der Waals surface area (Å²) in [7, 11) is 1.65. The molecule has 0 saturated heterocycles. The fourth-order valence-corrected chi connectivity index (χ4v) is 1.86. The zero-order valence-electron chi connectivity index (χ0n) is 10.3. The highest BCUT2D eigenvalue weighted by atomic mass is 79.9. The number of hydrogen-bond acceptors (Lipinski definition) is 4. The molecule has 94 valence electrons. The number of nitrogens with zero attached hydrogens (tertiary/aromatic N) is 2. The van der Waals surface area contributed by atoms with E-state index in [0.717, 1.165) is 21.5 Å². The molecule has 4 nitrogen and oxygen atoms in total. The second-order valence-corrected chi connectivity index (χ2v) is 4.75. The molecule has 0 fully saturated rings. The minimum atomic E-state index is 0.473. The summed E-state index contributed by atoms with van der Waals surface area (Å²) in [6, 6.07) is 7.84. The molecule has 0 radical (unpaired) electrons. The van der Waals surface area contributed by atoms with Crippen LogP contribution < -0.4 is 10.5 Å². The van der Waals surface area contributed by atoms with Gasteiger partial charge in [0.1, 0.15) is 17.4 Å². The molecule has 2 N–H and O–H groups in total. The van der Waals surface area contributed by atoms with Crippen LogP contribution in [0.5, 0.6) is 5.75 Å². The topological polar surface area (TPSA) is 61.0 Å². The number of ether oxygens (including phenoxy) is 1. The minimum absolute atomic E-state index is 0.473. The molecule has 2 aromatic rings. The summed E-state index contributed by atoms with van der Waals surface area (Å²) >= 11 is 3.35. The highest BCUT2D eigenvalue weighted by molar-refractivity contribution is 9.10. The van der Waals surface area contributed by atoms with Crippen molar-refractivity contribution in [2.24, 2.45) is 0 Å². The van der Waals surface area contributed by atoms with Crippen molar-refractivity contribution in [2.45, 2.75) is 13.3 Å². The van der Waals surface area contributed by atoms with Crippen molar-refractivity contribution >= 4 is 21.7 Å². The van der Waals surface area contributed by atoms with Gasteiger partial charge in [-0.05, 0) is 40.5 Å². The lowest BCUT2D eigenvalue weighted by molar-refractivity contribution is 0.414. The number of aromatic nitrogens is 2. The third-order valence-corrected chi connectivity index (χ3v) is 3.57. The minimum Gasteiger partial charge on any atom is -0.497 e. The van der Waals surface area contributed by atoms with E-state index in [0.29, 0.717) is 18.1 Å². The van der Waals surface area contributed by atoms with E-state index < -0.39 is 0 Å². The Labute approximate surface area is 114 Å². The van der Waals surface area contributed by atoms with Gasteiger partial charge in [-0.15, -0.1) is 0 Å². The van der Waals surface area contributed by atoms with E-state index in [1.807, 2.05) is 31.2 Å². The van der Waals surface area contributed by atoms with Crippen LogP contribution in [0.2, 0.25) is 0 Å². The van der Waals surface area contributed by atoms with Crippen LogP contribution in [-0.2, 0) is 6.42 Å². The molecule has 1 heterocycles. The van der Waals surface area contributed by atoms with Gasteiger partial charge in [0.2, 0.25) is 0 Å². The molecule has 0 saturated carbocycles. The first-order valence-electron chi connectivity index (χ1n) is 5.51. The Morgan fingerprint density at radius 1 is 1.33 bits per heavy atom. The summed E-state index contributed by atoms with van der Waals surface area (Å²) in [5, 5.41) is 0. The molecule has 0 aliphatic heterocycles. The van der Waals surface area contributed by atoms with Gasteiger partial charge >= 0.3 is 0 Å². The number of rotatable bonds is 3. The van der Waals surface area contributed by atoms with Crippen LogP contribution in [0.15, 0.2) is 28.7 Å². The van der Waals surface area contributed by atoms with Crippen LogP contribution in [-0.4, -0.2) is 17.1 Å². The molecule has 0 atom stereocenters. The Hall–Kier alpha value is -1.62. The van der Waals surface area contributed by atoms with Crippen LogP contribution in [0, 0.1) is 6.92 Å². The Morgan fingerprint density at radius 3 is 2.78 bits per heavy atom. The van der Waals surface area contributed by atoms with E-state index >= 15 is 0 Å². The largest absolute Gasteiger partial charge is 0.497 e. The Morgan fingerprint density at radius 2 is 2.11 bits per heavy atom. The molecule has 0 spiro atoms. The lowest BCUT2D eigenvalue weighted by Gasteiger charge is -2.07. The van der Waals surface area contributed by atoms with Crippen molar-refractivity contribution in [3.63, 3.8) is 0 Å². The van der Waals surface area contributed by atoms with Gasteiger partial charge in [0.05, 0.1) is 17.3 Å². The van der Waals surface area contributed by atoms with E-state index in [2.05, 4.69) is 25.9 Å². The maximum Gasteiger partial charge on any atom is 0.141 e. The summed E-state index contributed by atoms with van der Waals surface area (Å²) in [6.45, 7) is 1.90. The first-order valence-corrected chi connectivity index (χ1v) is 6.31. The fraction of sp³-hybridized carbons (Fsp3) is 0.231. The van der Waals surface area contributed by atoms with Gasteiger partial charge in [-0.2, -0.15) is 0 Å². The average molecular weight is 308 g/mol. The van der Waals surface area contributed by atoms with E-state index in [-0.39, 0.29) is 0 Å². The van der Waals surface area contributed by atoms with E-state index in [1.54, 1.807) is 7.11 Å². The van der Waals surface area contributed by atoms with Crippen LogP contribution in [0.1, 0.15) is 17.1 Å². The van der Waals surface area contributed by atoms with Gasteiger partial charge in [-0.3, -0.25) is 0 Å². The molecular formula is C13H14BrN3O.